The van der Waals surface area contributed by atoms with Gasteiger partial charge in [0.25, 0.3) is 0 Å². The van der Waals surface area contributed by atoms with Gasteiger partial charge in [-0.25, -0.2) is 0 Å². The molecule has 9 aromatic rings. The van der Waals surface area contributed by atoms with Crippen molar-refractivity contribution in [2.75, 3.05) is 4.90 Å². The predicted octanol–water partition coefficient (Wildman–Crippen LogP) is 12.5. The van der Waals surface area contributed by atoms with E-state index in [1.54, 1.807) is 0 Å². The lowest BCUT2D eigenvalue weighted by Crippen LogP contribution is -2.56. The molecule has 2 aliphatic carbocycles. The van der Waals surface area contributed by atoms with E-state index in [0.717, 1.165) is 30.2 Å². The van der Waals surface area contributed by atoms with Crippen LogP contribution in [0, 0.1) is 27.7 Å². The summed E-state index contributed by atoms with van der Waals surface area (Å²) in [6.45, 7) is 9.00. The number of aromatic nitrogens is 1. The van der Waals surface area contributed by atoms with Crippen molar-refractivity contribution in [2.45, 2.75) is 66.2 Å². The largest absolute Gasteiger partial charge is 0.464 e. The van der Waals surface area contributed by atoms with E-state index in [9.17, 15) is 0 Å². The Bertz CT molecular complexity index is 3260. The van der Waals surface area contributed by atoms with Crippen LogP contribution in [-0.2, 0) is 25.7 Å². The smallest absolute Gasteiger partial charge is 0.333 e. The highest BCUT2D eigenvalue weighted by atomic mass is 16.3. The van der Waals surface area contributed by atoms with E-state index in [2.05, 4.69) is 146 Å². The molecule has 2 aromatic heterocycles. The van der Waals surface area contributed by atoms with E-state index >= 15 is 0 Å². The minimum atomic E-state index is -0.0179. The van der Waals surface area contributed by atoms with Crippen molar-refractivity contribution in [3.8, 4) is 33.4 Å². The van der Waals surface area contributed by atoms with Gasteiger partial charge in [0.1, 0.15) is 5.58 Å². The molecule has 3 nitrogen and oxygen atoms in total. The van der Waals surface area contributed by atoms with Crippen molar-refractivity contribution in [3.63, 3.8) is 0 Å². The molecule has 0 amide bonds. The lowest BCUT2D eigenvalue weighted by atomic mass is 9.44. The summed E-state index contributed by atoms with van der Waals surface area (Å²) < 4.78 is 9.37. The van der Waals surface area contributed by atoms with Crippen LogP contribution < -0.4 is 15.8 Å². The first-order chi connectivity index (χ1) is 28.4. The summed E-state index contributed by atoms with van der Waals surface area (Å²) in [4.78, 5) is 2.62. The Morgan fingerprint density at radius 3 is 1.98 bits per heavy atom. The summed E-state index contributed by atoms with van der Waals surface area (Å²) >= 11 is 0. The number of nitrogens with zero attached hydrogens (tertiary/aromatic N) is 2. The van der Waals surface area contributed by atoms with Gasteiger partial charge in [0.15, 0.2) is 0 Å². The second kappa shape index (κ2) is 11.7. The zero-order valence-electron chi connectivity index (χ0n) is 33.6. The van der Waals surface area contributed by atoms with Crippen LogP contribution in [0.3, 0.4) is 0 Å². The number of hydrogen-bond donors (Lipinski definition) is 0. The van der Waals surface area contributed by atoms with Gasteiger partial charge in [0.2, 0.25) is 0 Å². The Morgan fingerprint density at radius 1 is 0.552 bits per heavy atom. The Balaban J connectivity index is 1.21. The molecule has 4 aliphatic rings. The van der Waals surface area contributed by atoms with Crippen molar-refractivity contribution in [3.05, 3.63) is 160 Å². The van der Waals surface area contributed by atoms with E-state index in [1.165, 1.54) is 147 Å². The Labute approximate surface area is 339 Å². The molecule has 0 N–H and O–H groups in total. The van der Waals surface area contributed by atoms with Crippen LogP contribution in [-0.4, -0.2) is 11.3 Å². The molecule has 0 radical (unpaired) electrons. The molecule has 7 aromatic carbocycles. The fraction of sp³-hybridized carbons (Fsp3) is 0.185. The predicted molar refractivity (Wildman–Crippen MR) is 244 cm³/mol. The van der Waals surface area contributed by atoms with E-state index in [-0.39, 0.29) is 6.85 Å². The van der Waals surface area contributed by atoms with Crippen LogP contribution in [0.25, 0.3) is 66.2 Å². The summed E-state index contributed by atoms with van der Waals surface area (Å²) in [6.07, 6.45) is 8.97. The Morgan fingerprint density at radius 2 is 1.22 bits per heavy atom. The van der Waals surface area contributed by atoms with Gasteiger partial charge < -0.3 is 13.8 Å². The fourth-order valence-corrected chi connectivity index (χ4v) is 11.9. The van der Waals surface area contributed by atoms with E-state index < -0.39 is 0 Å². The average molecular weight is 747 g/mol. The second-order valence-electron chi connectivity index (χ2n) is 17.7. The van der Waals surface area contributed by atoms with Crippen LogP contribution in [0.4, 0.5) is 17.1 Å². The maximum Gasteiger partial charge on any atom is 0.333 e. The van der Waals surface area contributed by atoms with Gasteiger partial charge in [-0.15, -0.1) is 0 Å². The van der Waals surface area contributed by atoms with Gasteiger partial charge in [-0.2, -0.15) is 0 Å². The molecule has 0 fully saturated rings. The molecule has 0 atom stereocenters. The third-order valence-corrected chi connectivity index (χ3v) is 14.4. The van der Waals surface area contributed by atoms with Crippen LogP contribution in [0.15, 0.2) is 120 Å². The highest BCUT2D eigenvalue weighted by molar-refractivity contribution is 6.90. The Kier molecular flexibility index (Phi) is 6.60. The zero-order valence-corrected chi connectivity index (χ0v) is 33.6. The summed E-state index contributed by atoms with van der Waals surface area (Å²) in [5.41, 5.74) is 29.1. The topological polar surface area (TPSA) is 21.3 Å². The molecule has 0 saturated heterocycles. The lowest BCUT2D eigenvalue weighted by Gasteiger charge is -2.41. The fourth-order valence-electron chi connectivity index (χ4n) is 11.9. The van der Waals surface area contributed by atoms with Crippen LogP contribution in [0.1, 0.15) is 57.3 Å². The summed E-state index contributed by atoms with van der Waals surface area (Å²) in [5.74, 6) is 0. The number of rotatable bonds is 3. The average Bonchev–Trinajstić information content (AvgIpc) is 4.04. The van der Waals surface area contributed by atoms with Gasteiger partial charge in [-0.1, -0.05) is 54.6 Å². The number of aryl methyl sites for hydroxylation is 8. The molecular weight excluding hydrogens is 703 g/mol. The summed E-state index contributed by atoms with van der Waals surface area (Å²) in [6, 6.07) is 42.7. The van der Waals surface area contributed by atoms with Crippen molar-refractivity contribution in [2.24, 2.45) is 0 Å². The maximum absolute atomic E-state index is 6.64. The van der Waals surface area contributed by atoms with E-state index in [0.29, 0.717) is 0 Å². The first kappa shape index (κ1) is 32.8. The first-order valence-electron chi connectivity index (χ1n) is 21.3. The quantitative estimate of drug-likeness (QED) is 0.168. The summed E-state index contributed by atoms with van der Waals surface area (Å²) in [5, 5.41) is 3.76. The number of benzene rings is 7. The molecule has 58 heavy (non-hydrogen) atoms. The third-order valence-electron chi connectivity index (χ3n) is 14.4. The van der Waals surface area contributed by atoms with Gasteiger partial charge >= 0.3 is 6.85 Å². The molecule has 0 bridgehead atoms. The van der Waals surface area contributed by atoms with Crippen molar-refractivity contribution < 1.29 is 4.42 Å². The molecule has 13 rings (SSSR count). The van der Waals surface area contributed by atoms with Crippen LogP contribution in [0.2, 0.25) is 0 Å². The lowest BCUT2D eigenvalue weighted by molar-refractivity contribution is 0.617. The maximum atomic E-state index is 6.64. The van der Waals surface area contributed by atoms with Gasteiger partial charge in [0, 0.05) is 55.4 Å². The van der Waals surface area contributed by atoms with Gasteiger partial charge in [-0.05, 0) is 199 Å². The van der Waals surface area contributed by atoms with Crippen molar-refractivity contribution in [1.82, 2.24) is 4.48 Å². The van der Waals surface area contributed by atoms with Crippen molar-refractivity contribution >= 4 is 67.6 Å². The van der Waals surface area contributed by atoms with Crippen molar-refractivity contribution in [1.29, 1.82) is 0 Å². The molecule has 0 unspecified atom stereocenters. The monoisotopic (exact) mass is 746 g/mol. The zero-order chi connectivity index (χ0) is 38.6. The molecule has 4 heteroatoms. The van der Waals surface area contributed by atoms with Gasteiger partial charge in [0.05, 0.1) is 6.26 Å². The second-order valence-corrected chi connectivity index (χ2v) is 17.7. The minimum Gasteiger partial charge on any atom is -0.464 e. The SMILES string of the molecule is Cc1cccc(C)c1-c1ccc2c(c1)c1cc(-c3c(C)cccc3C)cc3c1n2B1c2cc4c(cc2N(c2ccc5c(c2)CCC5)c2cc5ccoc5c-3c21)CCC4. The normalized spacial score (nSPS) is 14.8. The standard InChI is InChI=1S/C54H43BN2O/c1-30-9-5-10-31(2)49(30)38-18-20-46-42(24-38)43-25-40(50-32(3)11-6-12-33(50)4)26-44-51-52-48(29-39-21-22-58-54(39)51)56(41-19-17-34-13-7-14-35(34)23-41)47-28-37-16-8-15-36(37)27-45(47)55(52)57(46)53(43)44/h5-6,9-12,17-29H,7-8,13-16H2,1-4H3. The number of fused-ring (bicyclic) bond motifs is 11. The first-order valence-corrected chi connectivity index (χ1v) is 21.3. The highest BCUT2D eigenvalue weighted by Crippen LogP contribution is 2.50. The molecule has 4 heterocycles. The highest BCUT2D eigenvalue weighted by Gasteiger charge is 2.45. The minimum absolute atomic E-state index is 0.0179. The molecule has 0 saturated carbocycles. The molecular formula is C54H43BN2O. The molecule has 2 aliphatic heterocycles. The Hall–Kier alpha value is -6.26. The number of hydrogen-bond acceptors (Lipinski definition) is 2. The van der Waals surface area contributed by atoms with E-state index in [4.69, 9.17) is 4.42 Å². The van der Waals surface area contributed by atoms with E-state index in [1.807, 2.05) is 6.26 Å². The molecule has 278 valence electrons. The molecule has 0 spiro atoms. The number of anilines is 3. The third kappa shape index (κ3) is 4.30. The number of furan rings is 1. The van der Waals surface area contributed by atoms with Crippen LogP contribution in [0.5, 0.6) is 0 Å². The van der Waals surface area contributed by atoms with Crippen LogP contribution >= 0.6 is 0 Å². The van der Waals surface area contributed by atoms with Gasteiger partial charge in [-0.3, -0.25) is 0 Å². The summed E-state index contributed by atoms with van der Waals surface area (Å²) in [7, 11) is 0.